The van der Waals surface area contributed by atoms with Gasteiger partial charge in [-0.1, -0.05) is 24.3 Å². The van der Waals surface area contributed by atoms with E-state index in [1.165, 1.54) is 0 Å². The number of carboxylic acid groups (broad SMARTS) is 1. The second-order valence-electron chi connectivity index (χ2n) is 4.67. The number of hydrogen-bond acceptors (Lipinski definition) is 3. The summed E-state index contributed by atoms with van der Waals surface area (Å²) >= 11 is 0. The van der Waals surface area contributed by atoms with Crippen LogP contribution in [0.2, 0.25) is 0 Å². The number of carboxylic acids is 1. The van der Waals surface area contributed by atoms with Gasteiger partial charge in [-0.15, -0.1) is 0 Å². The molecule has 0 unspecified atom stereocenters. The number of hydrogen-bond donors (Lipinski definition) is 2. The van der Waals surface area contributed by atoms with E-state index in [1.807, 2.05) is 36.4 Å². The van der Waals surface area contributed by atoms with Crippen molar-refractivity contribution in [1.82, 2.24) is 15.2 Å². The maximum atomic E-state index is 10.7. The quantitative estimate of drug-likeness (QED) is 0.769. The van der Waals surface area contributed by atoms with Crippen molar-refractivity contribution in [2.45, 2.75) is 6.42 Å². The van der Waals surface area contributed by atoms with E-state index in [1.54, 1.807) is 18.6 Å². The average molecular weight is 279 g/mol. The van der Waals surface area contributed by atoms with Crippen molar-refractivity contribution in [3.8, 4) is 22.4 Å². The van der Waals surface area contributed by atoms with Crippen LogP contribution in [0, 0.1) is 0 Å². The molecule has 2 N–H and O–H groups in total. The fourth-order valence-corrected chi connectivity index (χ4v) is 2.21. The number of pyridine rings is 1. The van der Waals surface area contributed by atoms with Gasteiger partial charge in [0.05, 0.1) is 18.3 Å². The van der Waals surface area contributed by atoms with E-state index in [0.717, 1.165) is 27.9 Å². The lowest BCUT2D eigenvalue weighted by Crippen LogP contribution is -1.99. The van der Waals surface area contributed by atoms with Crippen LogP contribution < -0.4 is 0 Å². The van der Waals surface area contributed by atoms with Crippen molar-refractivity contribution in [3.05, 3.63) is 60.6 Å². The molecule has 2 heterocycles. The summed E-state index contributed by atoms with van der Waals surface area (Å²) in [7, 11) is 0. The zero-order chi connectivity index (χ0) is 14.7. The summed E-state index contributed by atoms with van der Waals surface area (Å²) in [5, 5.41) is 15.9. The third-order valence-corrected chi connectivity index (χ3v) is 3.21. The lowest BCUT2D eigenvalue weighted by molar-refractivity contribution is -0.136. The average Bonchev–Trinajstić information content (AvgIpc) is 2.98. The number of aromatic nitrogens is 3. The first-order valence-electron chi connectivity index (χ1n) is 6.49. The normalized spacial score (nSPS) is 10.5. The number of nitrogens with zero attached hydrogens (tertiary/aromatic N) is 2. The molecule has 0 saturated carbocycles. The zero-order valence-electron chi connectivity index (χ0n) is 11.2. The summed E-state index contributed by atoms with van der Waals surface area (Å²) in [6.07, 6.45) is 5.28. The van der Waals surface area contributed by atoms with Crippen LogP contribution in [0.15, 0.2) is 55.0 Å². The van der Waals surface area contributed by atoms with Crippen LogP contribution in [0.25, 0.3) is 22.4 Å². The molecule has 5 nitrogen and oxygen atoms in total. The number of aliphatic carboxylic acids is 1. The van der Waals surface area contributed by atoms with Gasteiger partial charge < -0.3 is 5.11 Å². The molecule has 0 radical (unpaired) electrons. The topological polar surface area (TPSA) is 78.9 Å². The van der Waals surface area contributed by atoms with Gasteiger partial charge in [-0.05, 0) is 23.3 Å². The van der Waals surface area contributed by atoms with Crippen molar-refractivity contribution in [3.63, 3.8) is 0 Å². The molecule has 0 spiro atoms. The molecule has 2 aromatic heterocycles. The second kappa shape index (κ2) is 5.58. The molecule has 104 valence electrons. The highest BCUT2D eigenvalue weighted by Gasteiger charge is 2.10. The van der Waals surface area contributed by atoms with Crippen LogP contribution in [0.5, 0.6) is 0 Å². The SMILES string of the molecule is O=C(O)Cc1ccc(-c2cn[nH]c2-c2cccnc2)cc1. The van der Waals surface area contributed by atoms with Gasteiger partial charge in [0, 0.05) is 23.5 Å². The van der Waals surface area contributed by atoms with Crippen molar-refractivity contribution < 1.29 is 9.90 Å². The van der Waals surface area contributed by atoms with Crippen LogP contribution >= 0.6 is 0 Å². The number of H-pyrrole nitrogens is 1. The first-order valence-corrected chi connectivity index (χ1v) is 6.49. The van der Waals surface area contributed by atoms with E-state index in [-0.39, 0.29) is 6.42 Å². The third-order valence-electron chi connectivity index (χ3n) is 3.21. The number of carbonyl (C=O) groups is 1. The maximum Gasteiger partial charge on any atom is 0.307 e. The van der Waals surface area contributed by atoms with E-state index in [9.17, 15) is 4.79 Å². The van der Waals surface area contributed by atoms with Crippen molar-refractivity contribution in [1.29, 1.82) is 0 Å². The highest BCUT2D eigenvalue weighted by atomic mass is 16.4. The fourth-order valence-electron chi connectivity index (χ4n) is 2.21. The lowest BCUT2D eigenvalue weighted by Gasteiger charge is -2.04. The van der Waals surface area contributed by atoms with E-state index >= 15 is 0 Å². The summed E-state index contributed by atoms with van der Waals surface area (Å²) in [5.74, 6) is -0.831. The molecule has 0 fully saturated rings. The Bertz CT molecular complexity index is 749. The Morgan fingerprint density at radius 2 is 1.90 bits per heavy atom. The standard InChI is InChI=1S/C16H13N3O2/c20-15(21)8-11-3-5-12(6-4-11)14-10-18-19-16(14)13-2-1-7-17-9-13/h1-7,9-10H,8H2,(H,18,19)(H,20,21). The van der Waals surface area contributed by atoms with E-state index in [2.05, 4.69) is 15.2 Å². The molecule has 0 aliphatic heterocycles. The van der Waals surface area contributed by atoms with Gasteiger partial charge in [0.25, 0.3) is 0 Å². The molecular formula is C16H13N3O2. The van der Waals surface area contributed by atoms with Crippen LogP contribution in [0.3, 0.4) is 0 Å². The van der Waals surface area contributed by atoms with E-state index in [4.69, 9.17) is 5.11 Å². The van der Waals surface area contributed by atoms with Crippen molar-refractivity contribution in [2.24, 2.45) is 0 Å². The number of nitrogens with one attached hydrogen (secondary N) is 1. The molecule has 21 heavy (non-hydrogen) atoms. The lowest BCUT2D eigenvalue weighted by atomic mass is 10.0. The van der Waals surface area contributed by atoms with E-state index < -0.39 is 5.97 Å². The summed E-state index contributed by atoms with van der Waals surface area (Å²) in [6.45, 7) is 0. The molecule has 3 rings (SSSR count). The largest absolute Gasteiger partial charge is 0.481 e. The Hall–Kier alpha value is -2.95. The van der Waals surface area contributed by atoms with Gasteiger partial charge in [0.15, 0.2) is 0 Å². The minimum atomic E-state index is -0.831. The summed E-state index contributed by atoms with van der Waals surface area (Å²) in [5.41, 5.74) is 4.58. The smallest absolute Gasteiger partial charge is 0.307 e. The minimum Gasteiger partial charge on any atom is -0.481 e. The first-order chi connectivity index (χ1) is 10.2. The Balaban J connectivity index is 1.95. The van der Waals surface area contributed by atoms with Gasteiger partial charge in [0.1, 0.15) is 0 Å². The van der Waals surface area contributed by atoms with Gasteiger partial charge in [-0.3, -0.25) is 14.9 Å². The molecular weight excluding hydrogens is 266 g/mol. The van der Waals surface area contributed by atoms with Gasteiger partial charge in [0.2, 0.25) is 0 Å². The molecule has 0 bridgehead atoms. The summed E-state index contributed by atoms with van der Waals surface area (Å²) in [4.78, 5) is 14.8. The number of rotatable bonds is 4. The predicted octanol–water partition coefficient (Wildman–Crippen LogP) is 2.77. The number of benzene rings is 1. The third kappa shape index (κ3) is 2.81. The molecule has 0 amide bonds. The highest BCUT2D eigenvalue weighted by Crippen LogP contribution is 2.29. The van der Waals surface area contributed by atoms with Crippen LogP contribution in [-0.2, 0) is 11.2 Å². The van der Waals surface area contributed by atoms with Crippen molar-refractivity contribution in [2.75, 3.05) is 0 Å². The maximum absolute atomic E-state index is 10.7. The molecule has 0 saturated heterocycles. The number of aromatic amines is 1. The minimum absolute atomic E-state index is 0.0289. The van der Waals surface area contributed by atoms with E-state index in [0.29, 0.717) is 0 Å². The van der Waals surface area contributed by atoms with Crippen LogP contribution in [0.4, 0.5) is 0 Å². The van der Waals surface area contributed by atoms with Gasteiger partial charge in [-0.25, -0.2) is 0 Å². The predicted molar refractivity (Wildman–Crippen MR) is 78.6 cm³/mol. The first kappa shape index (κ1) is 13.1. The highest BCUT2D eigenvalue weighted by molar-refractivity contribution is 5.80. The Morgan fingerprint density at radius 1 is 1.10 bits per heavy atom. The molecule has 1 aromatic carbocycles. The summed E-state index contributed by atoms with van der Waals surface area (Å²) in [6, 6.07) is 11.3. The van der Waals surface area contributed by atoms with Gasteiger partial charge in [-0.2, -0.15) is 5.10 Å². The molecule has 3 aromatic rings. The molecule has 0 aliphatic carbocycles. The molecule has 5 heteroatoms. The Labute approximate surface area is 121 Å². The summed E-state index contributed by atoms with van der Waals surface area (Å²) < 4.78 is 0. The van der Waals surface area contributed by atoms with Crippen molar-refractivity contribution >= 4 is 5.97 Å². The molecule has 0 atom stereocenters. The Kier molecular flexibility index (Phi) is 3.47. The monoisotopic (exact) mass is 279 g/mol. The van der Waals surface area contributed by atoms with Gasteiger partial charge >= 0.3 is 5.97 Å². The van der Waals surface area contributed by atoms with Crippen LogP contribution in [-0.4, -0.2) is 26.3 Å². The zero-order valence-corrected chi connectivity index (χ0v) is 11.2. The Morgan fingerprint density at radius 3 is 2.57 bits per heavy atom. The molecule has 0 aliphatic rings. The van der Waals surface area contributed by atoms with Crippen LogP contribution in [0.1, 0.15) is 5.56 Å². The fraction of sp³-hybridized carbons (Fsp3) is 0.0625. The second-order valence-corrected chi connectivity index (χ2v) is 4.67.